The van der Waals surface area contributed by atoms with E-state index in [1.54, 1.807) is 0 Å². The smallest absolute Gasteiger partial charge is 0.249 e. The lowest BCUT2D eigenvalue weighted by Gasteiger charge is -2.34. The molecule has 0 N–H and O–H groups in total. The van der Waals surface area contributed by atoms with Gasteiger partial charge >= 0.3 is 0 Å². The lowest BCUT2D eigenvalue weighted by Crippen LogP contribution is -2.41. The third kappa shape index (κ3) is 3.92. The first-order valence-electron chi connectivity index (χ1n) is 10.4. The second-order valence-corrected chi connectivity index (χ2v) is 9.43. The third-order valence-corrected chi connectivity index (χ3v) is 7.71. The Morgan fingerprint density at radius 3 is 2.70 bits per heavy atom. The largest absolute Gasteiger partial charge is 0.372 e. The highest BCUT2D eigenvalue weighted by molar-refractivity contribution is 7.99. The van der Waals surface area contributed by atoms with Gasteiger partial charge in [0.1, 0.15) is 6.61 Å². The molecule has 1 amide bonds. The Morgan fingerprint density at radius 1 is 1.19 bits per heavy atom. The molecule has 1 aromatic carbocycles. The van der Waals surface area contributed by atoms with E-state index in [2.05, 4.69) is 52.8 Å². The van der Waals surface area contributed by atoms with Crippen LogP contribution in [0.1, 0.15) is 36.9 Å². The number of aryl methyl sites for hydroxylation is 1. The first-order valence-corrected chi connectivity index (χ1v) is 11.6. The van der Waals surface area contributed by atoms with Gasteiger partial charge in [-0.3, -0.25) is 9.69 Å². The molecule has 4 nitrogen and oxygen atoms in total. The first-order chi connectivity index (χ1) is 13.2. The number of amides is 1. The zero-order chi connectivity index (χ0) is 18.8. The summed E-state index contributed by atoms with van der Waals surface area (Å²) in [4.78, 5) is 17.8. The number of carbonyl (C=O) groups is 1. The van der Waals surface area contributed by atoms with Crippen molar-refractivity contribution in [1.82, 2.24) is 9.80 Å². The highest BCUT2D eigenvalue weighted by Gasteiger charge is 2.50. The van der Waals surface area contributed by atoms with Crippen LogP contribution in [-0.2, 0) is 9.53 Å². The summed E-state index contributed by atoms with van der Waals surface area (Å²) in [7, 11) is 0. The van der Waals surface area contributed by atoms with Crippen molar-refractivity contribution in [3.05, 3.63) is 35.4 Å². The normalized spacial score (nSPS) is 29.3. The van der Waals surface area contributed by atoms with E-state index in [0.29, 0.717) is 18.4 Å². The maximum absolute atomic E-state index is 12.9. The van der Waals surface area contributed by atoms with Crippen molar-refractivity contribution >= 4 is 17.7 Å². The van der Waals surface area contributed by atoms with Crippen molar-refractivity contribution in [2.75, 3.05) is 44.4 Å². The minimum atomic E-state index is 0.153. The van der Waals surface area contributed by atoms with Crippen LogP contribution in [0.2, 0.25) is 0 Å². The van der Waals surface area contributed by atoms with E-state index in [4.69, 9.17) is 4.74 Å². The molecule has 3 aliphatic rings. The maximum atomic E-state index is 12.9. The fraction of sp³-hybridized carbons (Fsp3) is 0.682. The minimum Gasteiger partial charge on any atom is -0.372 e. The van der Waals surface area contributed by atoms with Crippen LogP contribution in [0.3, 0.4) is 0 Å². The molecular formula is C22H32N2O2S. The molecule has 0 bridgehead atoms. The van der Waals surface area contributed by atoms with Gasteiger partial charge in [0.25, 0.3) is 0 Å². The van der Waals surface area contributed by atoms with Crippen LogP contribution in [0, 0.1) is 18.8 Å². The van der Waals surface area contributed by atoms with Crippen molar-refractivity contribution < 1.29 is 9.53 Å². The number of fused-ring (bicyclic) bond motifs is 1. The molecule has 4 rings (SSSR count). The van der Waals surface area contributed by atoms with Gasteiger partial charge in [-0.25, -0.2) is 0 Å². The van der Waals surface area contributed by atoms with Crippen LogP contribution in [0.4, 0.5) is 0 Å². The van der Waals surface area contributed by atoms with Gasteiger partial charge < -0.3 is 9.64 Å². The number of rotatable bonds is 5. The van der Waals surface area contributed by atoms with Gasteiger partial charge in [0.2, 0.25) is 5.91 Å². The van der Waals surface area contributed by atoms with Gasteiger partial charge in [-0.15, -0.1) is 0 Å². The number of thioether (sulfide) groups is 1. The highest BCUT2D eigenvalue weighted by Crippen LogP contribution is 2.46. The Balaban J connectivity index is 1.56. The van der Waals surface area contributed by atoms with Gasteiger partial charge in [-0.2, -0.15) is 11.8 Å². The van der Waals surface area contributed by atoms with Crippen molar-refractivity contribution in [1.29, 1.82) is 0 Å². The van der Waals surface area contributed by atoms with Gasteiger partial charge in [0, 0.05) is 38.2 Å². The molecule has 148 valence electrons. The summed E-state index contributed by atoms with van der Waals surface area (Å²) in [6.45, 7) is 8.10. The molecular weight excluding hydrogens is 356 g/mol. The van der Waals surface area contributed by atoms with Crippen LogP contribution in [-0.4, -0.2) is 66.1 Å². The van der Waals surface area contributed by atoms with E-state index < -0.39 is 0 Å². The average Bonchev–Trinajstić information content (AvgIpc) is 3.25. The Morgan fingerprint density at radius 2 is 1.96 bits per heavy atom. The van der Waals surface area contributed by atoms with Gasteiger partial charge in [0.15, 0.2) is 0 Å². The van der Waals surface area contributed by atoms with Crippen molar-refractivity contribution in [2.45, 2.75) is 38.8 Å². The van der Waals surface area contributed by atoms with Gasteiger partial charge in [-0.1, -0.05) is 24.3 Å². The number of likely N-dealkylation sites (tertiary alicyclic amines) is 2. The van der Waals surface area contributed by atoms with Gasteiger partial charge in [-0.05, 0) is 55.2 Å². The summed E-state index contributed by atoms with van der Waals surface area (Å²) in [5.74, 6) is 3.90. The van der Waals surface area contributed by atoms with Crippen LogP contribution in [0.5, 0.6) is 0 Å². The molecule has 27 heavy (non-hydrogen) atoms. The zero-order valence-corrected chi connectivity index (χ0v) is 17.4. The monoisotopic (exact) mass is 388 g/mol. The molecule has 3 atom stereocenters. The Labute approximate surface area is 167 Å². The quantitative estimate of drug-likeness (QED) is 0.774. The van der Waals surface area contributed by atoms with Crippen molar-refractivity contribution in [3.8, 4) is 0 Å². The minimum absolute atomic E-state index is 0.153. The summed E-state index contributed by atoms with van der Waals surface area (Å²) in [5.41, 5.74) is 2.63. The zero-order valence-electron chi connectivity index (χ0n) is 16.6. The van der Waals surface area contributed by atoms with E-state index in [1.165, 1.54) is 35.5 Å². The van der Waals surface area contributed by atoms with E-state index in [0.717, 1.165) is 25.7 Å². The van der Waals surface area contributed by atoms with Crippen LogP contribution in [0.15, 0.2) is 24.3 Å². The van der Waals surface area contributed by atoms with E-state index in [9.17, 15) is 4.79 Å². The van der Waals surface area contributed by atoms with Crippen LogP contribution >= 0.6 is 11.8 Å². The molecule has 0 unspecified atom stereocenters. The molecule has 0 radical (unpaired) electrons. The fourth-order valence-corrected chi connectivity index (χ4v) is 6.36. The van der Waals surface area contributed by atoms with E-state index in [1.807, 2.05) is 6.92 Å². The molecule has 0 spiro atoms. The maximum Gasteiger partial charge on any atom is 0.249 e. The number of hydrogen-bond acceptors (Lipinski definition) is 4. The molecule has 0 aliphatic carbocycles. The number of nitrogens with zero attached hydrogens (tertiary/aromatic N) is 2. The molecule has 3 heterocycles. The van der Waals surface area contributed by atoms with Crippen LogP contribution in [0.25, 0.3) is 0 Å². The van der Waals surface area contributed by atoms with Gasteiger partial charge in [0.05, 0.1) is 6.04 Å². The first kappa shape index (κ1) is 19.3. The predicted octanol–water partition coefficient (Wildman–Crippen LogP) is 3.36. The molecule has 3 aliphatic heterocycles. The summed E-state index contributed by atoms with van der Waals surface area (Å²) in [6.07, 6.45) is 2.65. The molecule has 0 aromatic heterocycles. The fourth-order valence-electron chi connectivity index (χ4n) is 5.27. The highest BCUT2D eigenvalue weighted by atomic mass is 32.2. The Kier molecular flexibility index (Phi) is 6.10. The number of ether oxygens (including phenoxy) is 1. The topological polar surface area (TPSA) is 32.8 Å². The second-order valence-electron chi connectivity index (χ2n) is 8.21. The Hall–Kier alpha value is -1.04. The predicted molar refractivity (Wildman–Crippen MR) is 111 cm³/mol. The number of hydrogen-bond donors (Lipinski definition) is 0. The summed E-state index contributed by atoms with van der Waals surface area (Å²) in [6, 6.07) is 9.57. The standard InChI is InChI=1S/C22H32N2O2S/c1-3-26-15-21(25)24-13-17-12-23(18-8-10-27-11-9-18)14-20(17)22(24)19-7-5-4-6-16(19)2/h4-7,17-18,20,22H,3,8-15H2,1-2H3/t17-,20-,22+/m0/s1. The molecule has 1 aromatic rings. The van der Waals surface area contributed by atoms with E-state index in [-0.39, 0.29) is 18.6 Å². The molecule has 3 saturated heterocycles. The lowest BCUT2D eigenvalue weighted by molar-refractivity contribution is -0.137. The molecule has 3 fully saturated rings. The Bertz CT molecular complexity index is 661. The third-order valence-electron chi connectivity index (χ3n) is 6.66. The molecule has 5 heteroatoms. The summed E-state index contributed by atoms with van der Waals surface area (Å²) < 4.78 is 5.46. The molecule has 0 saturated carbocycles. The van der Waals surface area contributed by atoms with Crippen LogP contribution < -0.4 is 0 Å². The lowest BCUT2D eigenvalue weighted by atomic mass is 9.87. The number of carbonyl (C=O) groups excluding carboxylic acids is 1. The van der Waals surface area contributed by atoms with E-state index >= 15 is 0 Å². The van der Waals surface area contributed by atoms with Crippen molar-refractivity contribution in [3.63, 3.8) is 0 Å². The average molecular weight is 389 g/mol. The second kappa shape index (κ2) is 8.54. The number of benzene rings is 1. The summed E-state index contributed by atoms with van der Waals surface area (Å²) >= 11 is 2.10. The SMILES string of the molecule is CCOCC(=O)N1C[C@@H]2CN(C3CCSCC3)C[C@@H]2[C@H]1c1ccccc1C. The summed E-state index contributed by atoms with van der Waals surface area (Å²) in [5, 5.41) is 0. The van der Waals surface area contributed by atoms with Crippen molar-refractivity contribution in [2.24, 2.45) is 11.8 Å².